The highest BCUT2D eigenvalue weighted by Crippen LogP contribution is 2.31. The van der Waals surface area contributed by atoms with E-state index in [0.29, 0.717) is 0 Å². The SMILES string of the molecule is CCN(CC)S(=O)(=O)c1cccc(N)c1[N+](=O)[O-]. The number of sulfonamides is 1. The topological polar surface area (TPSA) is 107 Å². The zero-order valence-electron chi connectivity index (χ0n) is 10.2. The van der Waals surface area contributed by atoms with Crippen molar-refractivity contribution in [2.75, 3.05) is 18.8 Å². The second-order valence-corrected chi connectivity index (χ2v) is 5.45. The van der Waals surface area contributed by atoms with E-state index in [2.05, 4.69) is 0 Å². The number of benzene rings is 1. The number of hydrogen-bond donors (Lipinski definition) is 1. The van der Waals surface area contributed by atoms with Crippen molar-refractivity contribution < 1.29 is 13.3 Å². The van der Waals surface area contributed by atoms with Crippen molar-refractivity contribution in [3.8, 4) is 0 Å². The Morgan fingerprint density at radius 2 is 1.89 bits per heavy atom. The van der Waals surface area contributed by atoms with Gasteiger partial charge in [0.2, 0.25) is 10.0 Å². The third-order valence-electron chi connectivity index (χ3n) is 2.54. The van der Waals surface area contributed by atoms with E-state index >= 15 is 0 Å². The number of rotatable bonds is 5. The molecule has 0 bridgehead atoms. The smallest absolute Gasteiger partial charge is 0.312 e. The Labute approximate surface area is 105 Å². The van der Waals surface area contributed by atoms with Crippen molar-refractivity contribution >= 4 is 21.4 Å². The maximum atomic E-state index is 12.2. The Bertz CT molecular complexity index is 552. The molecule has 0 aliphatic heterocycles. The van der Waals surface area contributed by atoms with E-state index in [9.17, 15) is 18.5 Å². The molecule has 0 aliphatic rings. The standard InChI is InChI=1S/C10H15N3O4S/c1-3-12(4-2)18(16,17)9-7-5-6-8(11)10(9)13(14)15/h5-7H,3-4,11H2,1-2H3. The van der Waals surface area contributed by atoms with Crippen LogP contribution in [0.3, 0.4) is 0 Å². The average Bonchev–Trinajstić information content (AvgIpc) is 2.29. The maximum Gasteiger partial charge on any atom is 0.312 e. The third-order valence-corrected chi connectivity index (χ3v) is 4.62. The van der Waals surface area contributed by atoms with Crippen LogP contribution < -0.4 is 5.73 Å². The fourth-order valence-corrected chi connectivity index (χ4v) is 3.29. The minimum Gasteiger partial charge on any atom is -0.393 e. The van der Waals surface area contributed by atoms with Crippen LogP contribution in [-0.2, 0) is 10.0 Å². The van der Waals surface area contributed by atoms with Gasteiger partial charge in [-0.05, 0) is 12.1 Å². The van der Waals surface area contributed by atoms with Crippen LogP contribution in [-0.4, -0.2) is 30.7 Å². The summed E-state index contributed by atoms with van der Waals surface area (Å²) in [5.74, 6) is 0. The highest BCUT2D eigenvalue weighted by molar-refractivity contribution is 7.89. The molecule has 2 N–H and O–H groups in total. The van der Waals surface area contributed by atoms with E-state index in [4.69, 9.17) is 5.73 Å². The molecule has 8 heteroatoms. The van der Waals surface area contributed by atoms with Gasteiger partial charge in [-0.2, -0.15) is 4.31 Å². The summed E-state index contributed by atoms with van der Waals surface area (Å²) in [4.78, 5) is 9.79. The molecule has 18 heavy (non-hydrogen) atoms. The van der Waals surface area contributed by atoms with Gasteiger partial charge in [0.15, 0.2) is 4.90 Å². The fourth-order valence-electron chi connectivity index (χ4n) is 1.65. The van der Waals surface area contributed by atoms with Crippen molar-refractivity contribution in [3.05, 3.63) is 28.3 Å². The van der Waals surface area contributed by atoms with Crippen LogP contribution in [0, 0.1) is 10.1 Å². The molecular formula is C10H15N3O4S. The monoisotopic (exact) mass is 273 g/mol. The van der Waals surface area contributed by atoms with Gasteiger partial charge in [0.1, 0.15) is 5.69 Å². The van der Waals surface area contributed by atoms with Gasteiger partial charge < -0.3 is 5.73 Å². The molecule has 0 aromatic heterocycles. The highest BCUT2D eigenvalue weighted by Gasteiger charge is 2.31. The molecule has 0 unspecified atom stereocenters. The first-order chi connectivity index (χ1) is 8.36. The van der Waals surface area contributed by atoms with Crippen molar-refractivity contribution in [1.29, 1.82) is 0 Å². The van der Waals surface area contributed by atoms with Gasteiger partial charge in [0, 0.05) is 13.1 Å². The number of nitrogens with zero attached hydrogens (tertiary/aromatic N) is 2. The predicted octanol–water partition coefficient (Wildman–Crippen LogP) is 1.21. The number of nitro groups is 1. The largest absolute Gasteiger partial charge is 0.393 e. The summed E-state index contributed by atoms with van der Waals surface area (Å²) >= 11 is 0. The average molecular weight is 273 g/mol. The number of anilines is 1. The number of nitrogens with two attached hydrogens (primary N) is 1. The molecule has 0 spiro atoms. The second kappa shape index (κ2) is 5.32. The summed E-state index contributed by atoms with van der Waals surface area (Å²) in [5, 5.41) is 10.9. The van der Waals surface area contributed by atoms with Crippen molar-refractivity contribution in [3.63, 3.8) is 0 Å². The highest BCUT2D eigenvalue weighted by atomic mass is 32.2. The predicted molar refractivity (Wildman–Crippen MR) is 67.6 cm³/mol. The normalized spacial score (nSPS) is 11.7. The summed E-state index contributed by atoms with van der Waals surface area (Å²) in [6, 6.07) is 3.89. The first-order valence-corrected chi connectivity index (χ1v) is 6.83. The molecule has 1 aromatic rings. The summed E-state index contributed by atoms with van der Waals surface area (Å²) in [7, 11) is -3.89. The number of hydrogen-bond acceptors (Lipinski definition) is 5. The van der Waals surface area contributed by atoms with Gasteiger partial charge in [-0.1, -0.05) is 19.9 Å². The maximum absolute atomic E-state index is 12.2. The number of nitrogen functional groups attached to an aromatic ring is 1. The van der Waals surface area contributed by atoms with Crippen molar-refractivity contribution in [2.24, 2.45) is 0 Å². The van der Waals surface area contributed by atoms with E-state index in [0.717, 1.165) is 4.31 Å². The molecule has 0 amide bonds. The molecule has 0 saturated carbocycles. The minimum absolute atomic E-state index is 0.159. The van der Waals surface area contributed by atoms with Gasteiger partial charge in [0.25, 0.3) is 0 Å². The molecule has 0 heterocycles. The van der Waals surface area contributed by atoms with Gasteiger partial charge >= 0.3 is 5.69 Å². The molecule has 0 fully saturated rings. The Kier molecular flexibility index (Phi) is 4.25. The molecule has 0 saturated heterocycles. The van der Waals surface area contributed by atoms with Crippen molar-refractivity contribution in [2.45, 2.75) is 18.7 Å². The van der Waals surface area contributed by atoms with Crippen LogP contribution in [0.25, 0.3) is 0 Å². The molecule has 0 atom stereocenters. The first-order valence-electron chi connectivity index (χ1n) is 5.39. The zero-order valence-corrected chi connectivity index (χ0v) is 11.0. The molecule has 7 nitrogen and oxygen atoms in total. The molecule has 0 aliphatic carbocycles. The van der Waals surface area contributed by atoms with Crippen LogP contribution in [0.15, 0.2) is 23.1 Å². The first kappa shape index (κ1) is 14.4. The summed E-state index contributed by atoms with van der Waals surface area (Å²) in [6.07, 6.45) is 0. The lowest BCUT2D eigenvalue weighted by Gasteiger charge is -2.18. The molecule has 100 valence electrons. The lowest BCUT2D eigenvalue weighted by molar-refractivity contribution is -0.386. The zero-order chi connectivity index (χ0) is 13.9. The van der Waals surface area contributed by atoms with Crippen LogP contribution in [0.5, 0.6) is 0 Å². The summed E-state index contributed by atoms with van der Waals surface area (Å²) < 4.78 is 25.6. The van der Waals surface area contributed by atoms with E-state index in [1.165, 1.54) is 18.2 Å². The quantitative estimate of drug-likeness (QED) is 0.493. The molecule has 0 radical (unpaired) electrons. The molecule has 1 aromatic carbocycles. The van der Waals surface area contributed by atoms with E-state index in [1.807, 2.05) is 0 Å². The fraction of sp³-hybridized carbons (Fsp3) is 0.400. The summed E-state index contributed by atoms with van der Waals surface area (Å²) in [6.45, 7) is 3.81. The van der Waals surface area contributed by atoms with E-state index in [1.54, 1.807) is 13.8 Å². The van der Waals surface area contributed by atoms with Crippen LogP contribution in [0.2, 0.25) is 0 Å². The van der Waals surface area contributed by atoms with E-state index in [-0.39, 0.29) is 23.7 Å². The Balaban J connectivity index is 3.51. The van der Waals surface area contributed by atoms with Gasteiger partial charge in [-0.3, -0.25) is 10.1 Å². The van der Waals surface area contributed by atoms with Gasteiger partial charge in [-0.15, -0.1) is 0 Å². The number of nitro benzene ring substituents is 1. The Hall–Kier alpha value is -1.67. The van der Waals surface area contributed by atoms with Crippen LogP contribution >= 0.6 is 0 Å². The van der Waals surface area contributed by atoms with Crippen molar-refractivity contribution in [1.82, 2.24) is 4.31 Å². The van der Waals surface area contributed by atoms with Crippen LogP contribution in [0.1, 0.15) is 13.8 Å². The lowest BCUT2D eigenvalue weighted by atomic mass is 10.3. The van der Waals surface area contributed by atoms with Gasteiger partial charge in [-0.25, -0.2) is 8.42 Å². The molecular weight excluding hydrogens is 258 g/mol. The second-order valence-electron chi connectivity index (χ2n) is 3.54. The molecule has 1 rings (SSSR count). The Morgan fingerprint density at radius 3 is 2.33 bits per heavy atom. The van der Waals surface area contributed by atoms with Gasteiger partial charge in [0.05, 0.1) is 4.92 Å². The minimum atomic E-state index is -3.89. The third kappa shape index (κ3) is 2.44. The van der Waals surface area contributed by atoms with E-state index < -0.39 is 20.6 Å². The van der Waals surface area contributed by atoms with Crippen LogP contribution in [0.4, 0.5) is 11.4 Å². The Morgan fingerprint density at radius 1 is 1.33 bits per heavy atom. The summed E-state index contributed by atoms with van der Waals surface area (Å²) in [5.41, 5.74) is 4.75. The lowest BCUT2D eigenvalue weighted by Crippen LogP contribution is -2.31. The number of para-hydroxylation sites is 1.